The van der Waals surface area contributed by atoms with E-state index in [9.17, 15) is 4.79 Å². The van der Waals surface area contributed by atoms with Gasteiger partial charge in [-0.15, -0.1) is 10.2 Å². The molecule has 0 aliphatic rings. The molecule has 0 atom stereocenters. The van der Waals surface area contributed by atoms with E-state index in [2.05, 4.69) is 57.9 Å². The van der Waals surface area contributed by atoms with Crippen LogP contribution in [0.4, 0.5) is 0 Å². The van der Waals surface area contributed by atoms with Crippen molar-refractivity contribution in [1.82, 2.24) is 39.3 Å². The van der Waals surface area contributed by atoms with E-state index in [1.165, 1.54) is 0 Å². The van der Waals surface area contributed by atoms with Crippen molar-refractivity contribution >= 4 is 0 Å². The van der Waals surface area contributed by atoms with E-state index in [1.54, 1.807) is 10.8 Å². The van der Waals surface area contributed by atoms with Crippen molar-refractivity contribution in [2.24, 2.45) is 0 Å². The minimum absolute atomic E-state index is 0.0510. The van der Waals surface area contributed by atoms with Gasteiger partial charge in [0.1, 0.15) is 5.82 Å². The Kier molecular flexibility index (Phi) is 6.13. The van der Waals surface area contributed by atoms with Gasteiger partial charge in [0, 0.05) is 41.6 Å². The Hall–Kier alpha value is -4.27. The number of nitrogens with one attached hydrogen (secondary N) is 1. The highest BCUT2D eigenvalue weighted by molar-refractivity contribution is 5.69. The number of H-pyrrole nitrogens is 1. The van der Waals surface area contributed by atoms with Gasteiger partial charge in [0.25, 0.3) is 0 Å². The number of rotatable bonds is 7. The molecule has 4 heterocycles. The fraction of sp³-hybridized carbons (Fsp3) is 0.296. The average molecular weight is 483 g/mol. The van der Waals surface area contributed by atoms with Crippen molar-refractivity contribution in [3.8, 4) is 28.3 Å². The molecule has 1 aromatic carbocycles. The molecule has 9 heteroatoms. The number of benzene rings is 1. The van der Waals surface area contributed by atoms with Gasteiger partial charge in [0.05, 0.1) is 6.54 Å². The molecule has 0 aliphatic heterocycles. The van der Waals surface area contributed by atoms with Gasteiger partial charge in [0.15, 0.2) is 0 Å². The van der Waals surface area contributed by atoms with Crippen molar-refractivity contribution in [2.75, 3.05) is 0 Å². The van der Waals surface area contributed by atoms with Gasteiger partial charge in [-0.1, -0.05) is 37.6 Å². The molecule has 0 saturated carbocycles. The zero-order valence-corrected chi connectivity index (χ0v) is 21.0. The molecule has 0 unspecified atom stereocenters. The minimum atomic E-state index is -0.143. The quantitative estimate of drug-likeness (QED) is 0.370. The van der Waals surface area contributed by atoms with Crippen molar-refractivity contribution in [2.45, 2.75) is 52.6 Å². The zero-order valence-electron chi connectivity index (χ0n) is 21.0. The van der Waals surface area contributed by atoms with Crippen molar-refractivity contribution in [3.63, 3.8) is 0 Å². The lowest BCUT2D eigenvalue weighted by Gasteiger charge is -2.24. The predicted molar refractivity (Wildman–Crippen MR) is 139 cm³/mol. The first kappa shape index (κ1) is 23.5. The van der Waals surface area contributed by atoms with Gasteiger partial charge in [0.2, 0.25) is 5.82 Å². The summed E-state index contributed by atoms with van der Waals surface area (Å²) in [6.45, 7) is 8.98. The Labute approximate surface area is 209 Å². The molecule has 0 spiro atoms. The summed E-state index contributed by atoms with van der Waals surface area (Å²) >= 11 is 0. The van der Waals surface area contributed by atoms with Crippen LogP contribution in [0.1, 0.15) is 45.4 Å². The van der Waals surface area contributed by atoms with Gasteiger partial charge in [-0.05, 0) is 67.3 Å². The number of nitrogens with zero attached hydrogens (tertiary/aromatic N) is 7. The fourth-order valence-corrected chi connectivity index (χ4v) is 4.54. The van der Waals surface area contributed by atoms with Crippen LogP contribution >= 0.6 is 0 Å². The van der Waals surface area contributed by atoms with Crippen LogP contribution in [-0.4, -0.2) is 39.3 Å². The second kappa shape index (κ2) is 9.41. The van der Waals surface area contributed by atoms with Gasteiger partial charge in [-0.3, -0.25) is 14.1 Å². The van der Waals surface area contributed by atoms with Gasteiger partial charge < -0.3 is 4.57 Å². The highest BCUT2D eigenvalue weighted by atomic mass is 16.1. The van der Waals surface area contributed by atoms with E-state index in [0.29, 0.717) is 12.4 Å². The van der Waals surface area contributed by atoms with Crippen LogP contribution in [0.3, 0.4) is 0 Å². The Bertz CT molecular complexity index is 1520. The minimum Gasteiger partial charge on any atom is -0.329 e. The standard InChI is InChI=1S/C27H30N8O/c1-5-7-22-18-34(24-8-6-15-35(24)27(2,3)4)26(36)33(22)17-21-16-28-14-13-23(21)19-9-11-20(12-10-19)25-29-31-32-30-25/h6,8-16,18H,5,7,17H2,1-4H3,(H,29,30,31,32). The second-order valence-electron chi connectivity index (χ2n) is 9.86. The summed E-state index contributed by atoms with van der Waals surface area (Å²) in [6, 6.07) is 14.0. The first-order valence-corrected chi connectivity index (χ1v) is 12.1. The normalized spacial score (nSPS) is 11.8. The maximum Gasteiger partial charge on any atom is 0.334 e. The van der Waals surface area contributed by atoms with Crippen LogP contribution in [0.25, 0.3) is 28.3 Å². The third-order valence-electron chi connectivity index (χ3n) is 6.30. The Morgan fingerprint density at radius 3 is 2.50 bits per heavy atom. The van der Waals surface area contributed by atoms with Gasteiger partial charge in [-0.2, -0.15) is 5.21 Å². The van der Waals surface area contributed by atoms with Crippen LogP contribution < -0.4 is 5.69 Å². The lowest BCUT2D eigenvalue weighted by Crippen LogP contribution is -2.29. The van der Waals surface area contributed by atoms with Crippen molar-refractivity contribution < 1.29 is 0 Å². The second-order valence-corrected chi connectivity index (χ2v) is 9.86. The predicted octanol–water partition coefficient (Wildman–Crippen LogP) is 4.44. The summed E-state index contributed by atoms with van der Waals surface area (Å²) in [5, 5.41) is 14.2. The molecule has 1 N–H and O–H groups in total. The lowest BCUT2D eigenvalue weighted by molar-refractivity contribution is 0.393. The summed E-state index contributed by atoms with van der Waals surface area (Å²) in [7, 11) is 0. The lowest BCUT2D eigenvalue weighted by atomic mass is 10.00. The molecule has 0 amide bonds. The summed E-state index contributed by atoms with van der Waals surface area (Å²) in [4.78, 5) is 18.1. The topological polar surface area (TPSA) is 99.2 Å². The Morgan fingerprint density at radius 2 is 1.81 bits per heavy atom. The van der Waals surface area contributed by atoms with Crippen LogP contribution in [0, 0.1) is 0 Å². The van der Waals surface area contributed by atoms with Gasteiger partial charge in [-0.25, -0.2) is 4.79 Å². The third-order valence-corrected chi connectivity index (χ3v) is 6.30. The highest BCUT2D eigenvalue weighted by Gasteiger charge is 2.21. The smallest absolute Gasteiger partial charge is 0.329 e. The molecule has 0 saturated heterocycles. The molecule has 5 aromatic rings. The van der Waals surface area contributed by atoms with Crippen LogP contribution in [0.2, 0.25) is 0 Å². The number of pyridine rings is 1. The van der Waals surface area contributed by atoms with Crippen LogP contribution in [0.15, 0.2) is 72.0 Å². The SMILES string of the molecule is CCCc1cn(-c2cccn2C(C)(C)C)c(=O)n1Cc1cnccc1-c1ccc(-c2nn[nH]n2)cc1. The molecule has 9 nitrogen and oxygen atoms in total. The van der Waals surface area contributed by atoms with E-state index in [-0.39, 0.29) is 11.2 Å². The Balaban J connectivity index is 1.54. The van der Waals surface area contributed by atoms with E-state index in [4.69, 9.17) is 0 Å². The van der Waals surface area contributed by atoms with E-state index in [1.807, 2.05) is 65.6 Å². The summed E-state index contributed by atoms with van der Waals surface area (Å²) in [5.74, 6) is 1.42. The van der Waals surface area contributed by atoms with Gasteiger partial charge >= 0.3 is 5.69 Å². The zero-order chi connectivity index (χ0) is 25.3. The maximum absolute atomic E-state index is 13.7. The first-order valence-electron chi connectivity index (χ1n) is 12.1. The molecule has 0 aliphatic carbocycles. The summed E-state index contributed by atoms with van der Waals surface area (Å²) in [5.41, 5.74) is 4.73. The van der Waals surface area contributed by atoms with Crippen molar-refractivity contribution in [3.05, 3.63) is 89.0 Å². The van der Waals surface area contributed by atoms with Crippen LogP contribution in [-0.2, 0) is 18.5 Å². The number of imidazole rings is 1. The molecule has 184 valence electrons. The molecule has 36 heavy (non-hydrogen) atoms. The molecule has 4 aromatic heterocycles. The largest absolute Gasteiger partial charge is 0.334 e. The maximum atomic E-state index is 13.7. The number of aromatic nitrogens is 8. The summed E-state index contributed by atoms with van der Waals surface area (Å²) < 4.78 is 5.78. The number of aryl methyl sites for hydroxylation is 1. The Morgan fingerprint density at radius 1 is 1.03 bits per heavy atom. The number of hydrogen-bond acceptors (Lipinski definition) is 5. The van der Waals surface area contributed by atoms with Crippen molar-refractivity contribution in [1.29, 1.82) is 0 Å². The molecule has 5 rings (SSSR count). The average Bonchev–Trinajstić information content (AvgIpc) is 3.62. The number of hydrogen-bond donors (Lipinski definition) is 1. The first-order chi connectivity index (χ1) is 17.4. The number of aromatic amines is 1. The van der Waals surface area contributed by atoms with E-state index < -0.39 is 0 Å². The molecule has 0 radical (unpaired) electrons. The monoisotopic (exact) mass is 482 g/mol. The number of tetrazole rings is 1. The molecular weight excluding hydrogens is 452 g/mol. The van der Waals surface area contributed by atoms with Crippen LogP contribution in [0.5, 0.6) is 0 Å². The van der Waals surface area contributed by atoms with E-state index >= 15 is 0 Å². The molecule has 0 fully saturated rings. The van der Waals surface area contributed by atoms with E-state index in [0.717, 1.165) is 46.6 Å². The highest BCUT2D eigenvalue weighted by Crippen LogP contribution is 2.27. The third kappa shape index (κ3) is 4.39. The molecular formula is C27H30N8O. The summed E-state index contributed by atoms with van der Waals surface area (Å²) in [6.07, 6.45) is 9.40. The fourth-order valence-electron chi connectivity index (χ4n) is 4.54. The molecule has 0 bridgehead atoms.